The molecule has 0 rings (SSSR count). The van der Waals surface area contributed by atoms with Gasteiger partial charge in [0.05, 0.1) is 19.8 Å². The molecule has 0 saturated carbocycles. The summed E-state index contributed by atoms with van der Waals surface area (Å²) in [5.74, 6) is -1.78. The van der Waals surface area contributed by atoms with Crippen LogP contribution in [0.3, 0.4) is 0 Å². The Balaban J connectivity index is 4.14. The molecule has 0 aliphatic rings. The fraction of sp³-hybridized carbons (Fsp3) is 0.915. The zero-order valence-electron chi connectivity index (χ0n) is 37.7. The molecular formula is C47H92NO9P. The van der Waals surface area contributed by atoms with E-state index in [4.69, 9.17) is 29.4 Å². The van der Waals surface area contributed by atoms with Gasteiger partial charge in [0.15, 0.2) is 0 Å². The first-order chi connectivity index (χ1) is 28.2. The lowest BCUT2D eigenvalue weighted by Gasteiger charge is -2.20. The van der Waals surface area contributed by atoms with Gasteiger partial charge in [0.1, 0.15) is 12.1 Å². The Bertz CT molecular complexity index is 982. The van der Waals surface area contributed by atoms with Crippen LogP contribution >= 0.6 is 7.82 Å². The van der Waals surface area contributed by atoms with E-state index in [0.717, 1.165) is 51.4 Å². The quantitative estimate of drug-likeness (QED) is 0.0233. The molecule has 0 aliphatic heterocycles. The molecule has 0 aliphatic carbocycles. The Morgan fingerprint density at radius 3 is 1.31 bits per heavy atom. The van der Waals surface area contributed by atoms with Crippen molar-refractivity contribution in [2.45, 2.75) is 251 Å². The lowest BCUT2D eigenvalue weighted by molar-refractivity contribution is -0.154. The summed E-state index contributed by atoms with van der Waals surface area (Å²) in [7, 11) is -4.62. The summed E-state index contributed by atoms with van der Waals surface area (Å²) in [6.45, 7) is 3.92. The molecule has 11 heteroatoms. The van der Waals surface area contributed by atoms with Crippen molar-refractivity contribution in [3.63, 3.8) is 0 Å². The Kier molecular flexibility index (Phi) is 42.8. The second-order valence-corrected chi connectivity index (χ2v) is 18.1. The fourth-order valence-electron chi connectivity index (χ4n) is 7.01. The highest BCUT2D eigenvalue weighted by molar-refractivity contribution is 7.47. The highest BCUT2D eigenvalue weighted by Gasteiger charge is 2.27. The topological polar surface area (TPSA) is 155 Å². The maximum absolute atomic E-state index is 12.7. The third kappa shape index (κ3) is 42.8. The molecule has 10 nitrogen and oxygen atoms in total. The Labute approximate surface area is 356 Å². The van der Waals surface area contributed by atoms with Gasteiger partial charge >= 0.3 is 19.8 Å². The number of carboxylic acids is 1. The molecule has 344 valence electrons. The average molecular weight is 846 g/mol. The zero-order chi connectivity index (χ0) is 42.6. The minimum Gasteiger partial charge on any atom is -0.480 e. The van der Waals surface area contributed by atoms with Crippen LogP contribution in [0.5, 0.6) is 0 Å². The summed E-state index contributed by atoms with van der Waals surface area (Å²) in [6, 6.07) is -1.47. The summed E-state index contributed by atoms with van der Waals surface area (Å²) in [6.07, 6.45) is 46.9. The van der Waals surface area contributed by atoms with Crippen LogP contribution in [-0.4, -0.2) is 60.5 Å². The van der Waals surface area contributed by atoms with Gasteiger partial charge in [-0.3, -0.25) is 18.6 Å². The van der Waals surface area contributed by atoms with Gasteiger partial charge in [-0.15, -0.1) is 0 Å². The van der Waals surface area contributed by atoms with Crippen LogP contribution in [0.4, 0.5) is 0 Å². The first kappa shape index (κ1) is 56.7. The number of carbonyl (C=O) groups is 2. The molecule has 0 radical (unpaired) electrons. The summed E-state index contributed by atoms with van der Waals surface area (Å²) < 4.78 is 33.4. The summed E-state index contributed by atoms with van der Waals surface area (Å²) in [5.41, 5.74) is 5.37. The molecule has 0 aromatic rings. The van der Waals surface area contributed by atoms with Crippen LogP contribution < -0.4 is 5.73 Å². The summed E-state index contributed by atoms with van der Waals surface area (Å²) in [4.78, 5) is 33.6. The highest BCUT2D eigenvalue weighted by atomic mass is 31.2. The molecule has 58 heavy (non-hydrogen) atoms. The lowest BCUT2D eigenvalue weighted by atomic mass is 10.0. The van der Waals surface area contributed by atoms with E-state index in [2.05, 4.69) is 26.0 Å². The van der Waals surface area contributed by atoms with E-state index in [1.54, 1.807) is 0 Å². The number of hydrogen-bond acceptors (Lipinski definition) is 8. The SMILES string of the molecule is CCCCCCCCC/C=C\CCCCCCCC(=O)OC(COCCCCCCCCCCCCCCCCCCCCCC)COP(=O)(O)OCC(N)C(=O)O. The number of ether oxygens (including phenoxy) is 2. The highest BCUT2D eigenvalue weighted by Crippen LogP contribution is 2.43. The summed E-state index contributed by atoms with van der Waals surface area (Å²) >= 11 is 0. The maximum Gasteiger partial charge on any atom is 0.472 e. The Morgan fingerprint density at radius 1 is 0.534 bits per heavy atom. The number of nitrogens with two attached hydrogens (primary N) is 1. The molecule has 3 unspecified atom stereocenters. The molecule has 4 N–H and O–H groups in total. The van der Waals surface area contributed by atoms with Crippen molar-refractivity contribution in [3.8, 4) is 0 Å². The number of carboxylic acid groups (broad SMARTS) is 1. The first-order valence-corrected chi connectivity index (χ1v) is 25.7. The molecule has 3 atom stereocenters. The molecule has 0 heterocycles. The van der Waals surface area contributed by atoms with Crippen molar-refractivity contribution in [3.05, 3.63) is 12.2 Å². The number of phosphoric ester groups is 1. The van der Waals surface area contributed by atoms with Gasteiger partial charge in [0, 0.05) is 13.0 Å². The second kappa shape index (κ2) is 43.8. The van der Waals surface area contributed by atoms with Gasteiger partial charge in [-0.05, 0) is 38.5 Å². The van der Waals surface area contributed by atoms with Gasteiger partial charge in [0.2, 0.25) is 0 Å². The minimum atomic E-state index is -4.62. The van der Waals surface area contributed by atoms with Crippen LogP contribution in [0.25, 0.3) is 0 Å². The van der Waals surface area contributed by atoms with Gasteiger partial charge in [-0.1, -0.05) is 206 Å². The van der Waals surface area contributed by atoms with Crippen LogP contribution in [0.2, 0.25) is 0 Å². The van der Waals surface area contributed by atoms with E-state index in [0.29, 0.717) is 13.0 Å². The minimum absolute atomic E-state index is 0.0198. The number of esters is 1. The van der Waals surface area contributed by atoms with Crippen LogP contribution in [-0.2, 0) is 32.7 Å². The maximum atomic E-state index is 12.7. The van der Waals surface area contributed by atoms with Crippen molar-refractivity contribution in [2.24, 2.45) is 5.73 Å². The number of rotatable bonds is 47. The standard InChI is InChI=1S/C47H92NO9P/c1-3-5-7-9-11-13-15-17-19-21-22-23-24-26-28-30-32-34-36-38-40-54-41-44(42-55-58(52,53)56-43-45(48)47(50)51)57-46(49)39-37-35-33-31-29-27-25-20-18-16-14-12-10-8-6-4-2/h20,25,44-45H,3-19,21-24,26-43,48H2,1-2H3,(H,50,51)(H,52,53)/b25-20-. The monoisotopic (exact) mass is 846 g/mol. The molecule has 0 fully saturated rings. The van der Waals surface area contributed by atoms with Crippen LogP contribution in [0.1, 0.15) is 239 Å². The van der Waals surface area contributed by atoms with Gasteiger partial charge < -0.3 is 25.2 Å². The predicted octanol–water partition coefficient (Wildman–Crippen LogP) is 13.7. The van der Waals surface area contributed by atoms with Gasteiger partial charge in [-0.2, -0.15) is 0 Å². The average Bonchev–Trinajstić information content (AvgIpc) is 3.20. The van der Waals surface area contributed by atoms with Crippen molar-refractivity contribution in [1.82, 2.24) is 0 Å². The number of allylic oxidation sites excluding steroid dienone is 2. The Morgan fingerprint density at radius 2 is 0.897 bits per heavy atom. The smallest absolute Gasteiger partial charge is 0.472 e. The van der Waals surface area contributed by atoms with Gasteiger partial charge in [-0.25, -0.2) is 4.57 Å². The second-order valence-electron chi connectivity index (χ2n) is 16.6. The number of carbonyl (C=O) groups excluding carboxylic acids is 1. The van der Waals surface area contributed by atoms with Crippen molar-refractivity contribution in [1.29, 1.82) is 0 Å². The van der Waals surface area contributed by atoms with Gasteiger partial charge in [0.25, 0.3) is 0 Å². The lowest BCUT2D eigenvalue weighted by Crippen LogP contribution is -2.34. The molecular weight excluding hydrogens is 753 g/mol. The molecule has 0 saturated heterocycles. The predicted molar refractivity (Wildman–Crippen MR) is 240 cm³/mol. The van der Waals surface area contributed by atoms with Crippen LogP contribution in [0, 0.1) is 0 Å². The van der Waals surface area contributed by atoms with E-state index in [9.17, 15) is 19.0 Å². The molecule has 0 aromatic carbocycles. The van der Waals surface area contributed by atoms with Crippen molar-refractivity contribution < 1.29 is 42.7 Å². The normalized spacial score (nSPS) is 13.9. The largest absolute Gasteiger partial charge is 0.480 e. The molecule has 0 bridgehead atoms. The Hall–Kier alpha value is -1.29. The number of phosphoric acid groups is 1. The zero-order valence-corrected chi connectivity index (χ0v) is 38.6. The van der Waals surface area contributed by atoms with E-state index in [-0.39, 0.29) is 13.0 Å². The molecule has 0 amide bonds. The van der Waals surface area contributed by atoms with Crippen molar-refractivity contribution >= 4 is 19.8 Å². The van der Waals surface area contributed by atoms with E-state index in [1.807, 2.05) is 0 Å². The summed E-state index contributed by atoms with van der Waals surface area (Å²) in [5, 5.41) is 8.91. The van der Waals surface area contributed by atoms with E-state index >= 15 is 0 Å². The fourth-order valence-corrected chi connectivity index (χ4v) is 7.79. The third-order valence-corrected chi connectivity index (χ3v) is 11.7. The number of unbranched alkanes of at least 4 members (excludes halogenated alkanes) is 31. The van der Waals surface area contributed by atoms with E-state index < -0.39 is 45.1 Å². The molecule has 0 spiro atoms. The van der Waals surface area contributed by atoms with E-state index in [1.165, 1.54) is 161 Å². The van der Waals surface area contributed by atoms with Crippen LogP contribution in [0.15, 0.2) is 12.2 Å². The molecule has 0 aromatic heterocycles. The number of aliphatic carboxylic acids is 1. The third-order valence-electron chi connectivity index (χ3n) is 10.8. The number of hydrogen-bond donors (Lipinski definition) is 3. The first-order valence-electron chi connectivity index (χ1n) is 24.2. The van der Waals surface area contributed by atoms with Crippen molar-refractivity contribution in [2.75, 3.05) is 26.4 Å².